The minimum absolute atomic E-state index is 0.175. The Labute approximate surface area is 175 Å². The Bertz CT molecular complexity index is 1100. The molecular weight excluding hydrogens is 410 g/mol. The lowest BCUT2D eigenvalue weighted by atomic mass is 10.1. The molecule has 1 amide bonds. The molecule has 0 aliphatic carbocycles. The molecule has 2 aromatic heterocycles. The number of tetrazole rings is 1. The number of furan rings is 1. The molecular formula is C19H17N5O7. The second kappa shape index (κ2) is 7.25. The molecule has 4 atom stereocenters. The fourth-order valence-electron chi connectivity index (χ4n) is 3.97. The number of benzene rings is 1. The largest absolute Gasteiger partial charge is 0.459 e. The summed E-state index contributed by atoms with van der Waals surface area (Å²) in [7, 11) is 0. The van der Waals surface area contributed by atoms with E-state index in [2.05, 4.69) is 20.8 Å². The Kier molecular flexibility index (Phi) is 4.25. The molecule has 12 nitrogen and oxygen atoms in total. The third kappa shape index (κ3) is 3.16. The summed E-state index contributed by atoms with van der Waals surface area (Å²) in [6.07, 6.45) is 0.765. The minimum Gasteiger partial charge on any atom is -0.459 e. The SMILES string of the molecule is O=C(NC1COC2C1OCC2n1nnnc1Oc1ccc2c(c1)OCO2)c1ccco1. The summed E-state index contributed by atoms with van der Waals surface area (Å²) in [5, 5.41) is 14.7. The Morgan fingerprint density at radius 3 is 2.94 bits per heavy atom. The molecule has 3 aliphatic rings. The van der Waals surface area contributed by atoms with Crippen molar-refractivity contribution >= 4 is 5.91 Å². The average Bonchev–Trinajstić information content (AvgIpc) is 3.57. The lowest BCUT2D eigenvalue weighted by molar-refractivity contribution is 0.0605. The molecule has 3 aliphatic heterocycles. The number of amides is 1. The van der Waals surface area contributed by atoms with Gasteiger partial charge < -0.3 is 33.4 Å². The van der Waals surface area contributed by atoms with Crippen LogP contribution >= 0.6 is 0 Å². The van der Waals surface area contributed by atoms with Crippen LogP contribution in [0.1, 0.15) is 16.6 Å². The first-order chi connectivity index (χ1) is 15.3. The zero-order chi connectivity index (χ0) is 20.8. The molecule has 1 N–H and O–H groups in total. The van der Waals surface area contributed by atoms with Crippen molar-refractivity contribution in [2.45, 2.75) is 24.3 Å². The monoisotopic (exact) mass is 427 g/mol. The van der Waals surface area contributed by atoms with Crippen LogP contribution in [0.3, 0.4) is 0 Å². The third-order valence-corrected chi connectivity index (χ3v) is 5.42. The van der Waals surface area contributed by atoms with E-state index < -0.39 is 0 Å². The summed E-state index contributed by atoms with van der Waals surface area (Å²) in [5.74, 6) is 1.67. The van der Waals surface area contributed by atoms with Crippen molar-refractivity contribution < 1.29 is 32.9 Å². The van der Waals surface area contributed by atoms with Crippen LogP contribution in [0, 0.1) is 0 Å². The summed E-state index contributed by atoms with van der Waals surface area (Å²) in [5.41, 5.74) is 0. The molecule has 0 radical (unpaired) electrons. The predicted octanol–water partition coefficient (Wildman–Crippen LogP) is 0.924. The first kappa shape index (κ1) is 18.2. The van der Waals surface area contributed by atoms with Crippen molar-refractivity contribution in [3.63, 3.8) is 0 Å². The van der Waals surface area contributed by atoms with Gasteiger partial charge in [0.15, 0.2) is 17.3 Å². The van der Waals surface area contributed by atoms with E-state index in [1.807, 2.05) is 0 Å². The van der Waals surface area contributed by atoms with E-state index in [1.165, 1.54) is 10.9 Å². The van der Waals surface area contributed by atoms with E-state index in [1.54, 1.807) is 30.3 Å². The van der Waals surface area contributed by atoms with Crippen LogP contribution in [-0.2, 0) is 9.47 Å². The second-order valence-corrected chi connectivity index (χ2v) is 7.24. The van der Waals surface area contributed by atoms with E-state index in [4.69, 9.17) is 28.1 Å². The molecule has 3 aromatic rings. The highest BCUT2D eigenvalue weighted by atomic mass is 16.7. The van der Waals surface area contributed by atoms with Crippen LogP contribution < -0.4 is 19.5 Å². The molecule has 12 heteroatoms. The number of nitrogens with zero attached hydrogens (tertiary/aromatic N) is 4. The molecule has 4 unspecified atom stereocenters. The van der Waals surface area contributed by atoms with Gasteiger partial charge in [0.05, 0.1) is 25.5 Å². The summed E-state index contributed by atoms with van der Waals surface area (Å²) in [6.45, 7) is 0.789. The molecule has 1 aromatic carbocycles. The fourth-order valence-corrected chi connectivity index (χ4v) is 3.97. The van der Waals surface area contributed by atoms with Crippen LogP contribution in [0.25, 0.3) is 0 Å². The lowest BCUT2D eigenvalue weighted by Gasteiger charge is -2.17. The first-order valence-corrected chi connectivity index (χ1v) is 9.69. The smallest absolute Gasteiger partial charge is 0.341 e. The molecule has 160 valence electrons. The maximum atomic E-state index is 12.3. The molecule has 0 saturated carbocycles. The summed E-state index contributed by atoms with van der Waals surface area (Å²) in [4.78, 5) is 12.3. The standard InChI is InChI=1S/C19H17N5O7/c25-18(14-2-1-5-26-14)20-11-7-27-17-12(8-28-16(11)17)24-19(21-22-23-24)31-10-3-4-13-15(6-10)30-9-29-13/h1-6,11-12,16-17H,7-9H2,(H,20,25). The summed E-state index contributed by atoms with van der Waals surface area (Å²) >= 11 is 0. The van der Waals surface area contributed by atoms with E-state index in [0.717, 1.165) is 0 Å². The molecule has 2 saturated heterocycles. The topological polar surface area (TPSA) is 132 Å². The zero-order valence-corrected chi connectivity index (χ0v) is 16.0. The Morgan fingerprint density at radius 1 is 1.13 bits per heavy atom. The molecule has 6 rings (SSSR count). The van der Waals surface area contributed by atoms with Crippen LogP contribution in [0.15, 0.2) is 41.0 Å². The highest BCUT2D eigenvalue weighted by Crippen LogP contribution is 2.38. The highest BCUT2D eigenvalue weighted by molar-refractivity contribution is 5.91. The number of nitrogens with one attached hydrogen (secondary N) is 1. The first-order valence-electron chi connectivity index (χ1n) is 9.69. The van der Waals surface area contributed by atoms with Gasteiger partial charge in [0, 0.05) is 6.07 Å². The number of carbonyl (C=O) groups is 1. The average molecular weight is 427 g/mol. The van der Waals surface area contributed by atoms with Crippen molar-refractivity contribution in [1.82, 2.24) is 25.5 Å². The number of carbonyl (C=O) groups excluding carboxylic acids is 1. The number of fused-ring (bicyclic) bond motifs is 2. The predicted molar refractivity (Wildman–Crippen MR) is 98.9 cm³/mol. The number of aromatic nitrogens is 4. The van der Waals surface area contributed by atoms with Crippen molar-refractivity contribution in [2.24, 2.45) is 0 Å². The molecule has 0 spiro atoms. The summed E-state index contributed by atoms with van der Waals surface area (Å²) < 4.78 is 35.1. The van der Waals surface area contributed by atoms with Crippen molar-refractivity contribution in [2.75, 3.05) is 20.0 Å². The second-order valence-electron chi connectivity index (χ2n) is 7.24. The Morgan fingerprint density at radius 2 is 2.03 bits per heavy atom. The van der Waals surface area contributed by atoms with Crippen LogP contribution in [0.4, 0.5) is 0 Å². The molecule has 0 bridgehead atoms. The van der Waals surface area contributed by atoms with Crippen molar-refractivity contribution in [3.05, 3.63) is 42.4 Å². The van der Waals surface area contributed by atoms with Gasteiger partial charge in [-0.3, -0.25) is 4.79 Å². The number of rotatable bonds is 5. The van der Waals surface area contributed by atoms with Crippen molar-refractivity contribution in [3.8, 4) is 23.3 Å². The number of ether oxygens (including phenoxy) is 5. The van der Waals surface area contributed by atoms with Crippen molar-refractivity contribution in [1.29, 1.82) is 0 Å². The van der Waals surface area contributed by atoms with E-state index >= 15 is 0 Å². The molecule has 5 heterocycles. The van der Waals surface area contributed by atoms with Gasteiger partial charge in [0.1, 0.15) is 24.0 Å². The number of hydrogen-bond acceptors (Lipinski definition) is 10. The fraction of sp³-hybridized carbons (Fsp3) is 0.368. The van der Waals surface area contributed by atoms with Gasteiger partial charge in [0.25, 0.3) is 5.91 Å². The normalized spacial score (nSPS) is 26.1. The zero-order valence-electron chi connectivity index (χ0n) is 16.0. The third-order valence-electron chi connectivity index (χ3n) is 5.42. The minimum atomic E-state index is -0.343. The van der Waals surface area contributed by atoms with Gasteiger partial charge in [-0.2, -0.15) is 4.68 Å². The van der Waals surface area contributed by atoms with E-state index in [9.17, 15) is 4.79 Å². The Hall–Kier alpha value is -3.64. The van der Waals surface area contributed by atoms with Gasteiger partial charge in [0.2, 0.25) is 6.79 Å². The molecule has 2 fully saturated rings. The van der Waals surface area contributed by atoms with Crippen LogP contribution in [0.2, 0.25) is 0 Å². The molecule has 31 heavy (non-hydrogen) atoms. The van der Waals surface area contributed by atoms with Gasteiger partial charge in [-0.25, -0.2) is 0 Å². The van der Waals surface area contributed by atoms with E-state index in [-0.39, 0.29) is 48.8 Å². The van der Waals surface area contributed by atoms with Crippen LogP contribution in [-0.4, -0.2) is 64.4 Å². The Balaban J connectivity index is 1.17. The van der Waals surface area contributed by atoms with Gasteiger partial charge in [-0.1, -0.05) is 5.10 Å². The highest BCUT2D eigenvalue weighted by Gasteiger charge is 2.50. The summed E-state index contributed by atoms with van der Waals surface area (Å²) in [6, 6.07) is 8.03. The number of hydrogen-bond donors (Lipinski definition) is 1. The van der Waals surface area contributed by atoms with Crippen LogP contribution in [0.5, 0.6) is 23.3 Å². The van der Waals surface area contributed by atoms with Gasteiger partial charge >= 0.3 is 6.01 Å². The lowest BCUT2D eigenvalue weighted by Crippen LogP contribution is -2.44. The maximum absolute atomic E-state index is 12.3. The maximum Gasteiger partial charge on any atom is 0.341 e. The van der Waals surface area contributed by atoms with E-state index in [0.29, 0.717) is 30.5 Å². The quantitative estimate of drug-likeness (QED) is 0.627. The van der Waals surface area contributed by atoms with Gasteiger partial charge in [-0.05, 0) is 34.7 Å². The van der Waals surface area contributed by atoms with Gasteiger partial charge in [-0.15, -0.1) is 0 Å².